The van der Waals surface area contributed by atoms with Crippen LogP contribution in [0.4, 0.5) is 4.39 Å². The fraction of sp³-hybridized carbons (Fsp3) is 0.308. The van der Waals surface area contributed by atoms with Crippen molar-refractivity contribution in [2.75, 3.05) is 20.3 Å². The maximum absolute atomic E-state index is 13.0. The second kappa shape index (κ2) is 5.64. The molecule has 1 aromatic heterocycles. The SMILES string of the molecule is COCCCNC(=O)c1cc2cc(F)ccc2[nH]1. The summed E-state index contributed by atoms with van der Waals surface area (Å²) in [6, 6.07) is 6.02. The minimum Gasteiger partial charge on any atom is -0.385 e. The minimum atomic E-state index is -0.312. The van der Waals surface area contributed by atoms with Gasteiger partial charge in [-0.3, -0.25) is 4.79 Å². The van der Waals surface area contributed by atoms with Gasteiger partial charge in [-0.1, -0.05) is 0 Å². The third kappa shape index (κ3) is 2.87. The first-order valence-electron chi connectivity index (χ1n) is 5.76. The maximum Gasteiger partial charge on any atom is 0.267 e. The Morgan fingerprint density at radius 2 is 2.28 bits per heavy atom. The van der Waals surface area contributed by atoms with E-state index in [2.05, 4.69) is 10.3 Å². The number of fused-ring (bicyclic) bond motifs is 1. The first kappa shape index (κ1) is 12.6. The summed E-state index contributed by atoms with van der Waals surface area (Å²) in [5, 5.41) is 3.46. The number of nitrogens with one attached hydrogen (secondary N) is 2. The molecule has 0 aliphatic carbocycles. The van der Waals surface area contributed by atoms with E-state index in [-0.39, 0.29) is 11.7 Å². The number of halogens is 1. The number of methoxy groups -OCH3 is 1. The van der Waals surface area contributed by atoms with Crippen LogP contribution >= 0.6 is 0 Å². The zero-order valence-electron chi connectivity index (χ0n) is 10.1. The Balaban J connectivity index is 2.04. The Morgan fingerprint density at radius 3 is 3.06 bits per heavy atom. The zero-order chi connectivity index (χ0) is 13.0. The molecule has 2 N–H and O–H groups in total. The molecule has 4 nitrogen and oxygen atoms in total. The standard InChI is InChI=1S/C13H15FN2O2/c1-18-6-2-5-15-13(17)12-8-9-7-10(14)3-4-11(9)16-12/h3-4,7-8,16H,2,5-6H2,1H3,(H,15,17). The number of hydrogen-bond donors (Lipinski definition) is 2. The van der Waals surface area contributed by atoms with E-state index in [1.165, 1.54) is 12.1 Å². The highest BCUT2D eigenvalue weighted by atomic mass is 19.1. The molecule has 1 amide bonds. The Bertz CT molecular complexity index is 551. The fourth-order valence-corrected chi connectivity index (χ4v) is 1.74. The third-order valence-corrected chi connectivity index (χ3v) is 2.64. The van der Waals surface area contributed by atoms with Crippen LogP contribution < -0.4 is 5.32 Å². The Labute approximate surface area is 104 Å². The Kier molecular flexibility index (Phi) is 3.94. The summed E-state index contributed by atoms with van der Waals surface area (Å²) in [7, 11) is 1.62. The van der Waals surface area contributed by atoms with Crippen molar-refractivity contribution in [2.45, 2.75) is 6.42 Å². The molecular weight excluding hydrogens is 235 g/mol. The number of aromatic nitrogens is 1. The number of carbonyl (C=O) groups excluding carboxylic acids is 1. The van der Waals surface area contributed by atoms with Gasteiger partial charge in [-0.15, -0.1) is 0 Å². The number of amides is 1. The number of aromatic amines is 1. The smallest absolute Gasteiger partial charge is 0.267 e. The van der Waals surface area contributed by atoms with Crippen molar-refractivity contribution in [1.29, 1.82) is 0 Å². The lowest BCUT2D eigenvalue weighted by Crippen LogP contribution is -2.25. The largest absolute Gasteiger partial charge is 0.385 e. The molecule has 0 unspecified atom stereocenters. The summed E-state index contributed by atoms with van der Waals surface area (Å²) < 4.78 is 17.9. The molecule has 0 bridgehead atoms. The summed E-state index contributed by atoms with van der Waals surface area (Å²) in [5.41, 5.74) is 1.19. The predicted octanol–water partition coefficient (Wildman–Crippen LogP) is 2.07. The zero-order valence-corrected chi connectivity index (χ0v) is 10.1. The number of carbonyl (C=O) groups is 1. The monoisotopic (exact) mass is 250 g/mol. The second-order valence-corrected chi connectivity index (χ2v) is 4.02. The quantitative estimate of drug-likeness (QED) is 0.798. The lowest BCUT2D eigenvalue weighted by atomic mass is 10.2. The maximum atomic E-state index is 13.0. The van der Waals surface area contributed by atoms with Gasteiger partial charge in [0, 0.05) is 31.2 Å². The molecule has 0 aliphatic heterocycles. The van der Waals surface area contributed by atoms with Crippen LogP contribution in [0.1, 0.15) is 16.9 Å². The van der Waals surface area contributed by atoms with E-state index in [1.807, 2.05) is 0 Å². The van der Waals surface area contributed by atoms with Crippen molar-refractivity contribution < 1.29 is 13.9 Å². The van der Waals surface area contributed by atoms with Crippen molar-refractivity contribution in [1.82, 2.24) is 10.3 Å². The molecule has 2 aromatic rings. The van der Waals surface area contributed by atoms with Gasteiger partial charge in [0.05, 0.1) is 0 Å². The van der Waals surface area contributed by atoms with Crippen LogP contribution in [-0.4, -0.2) is 31.2 Å². The van der Waals surface area contributed by atoms with Crippen molar-refractivity contribution in [3.05, 3.63) is 35.8 Å². The van der Waals surface area contributed by atoms with Gasteiger partial charge in [-0.25, -0.2) is 4.39 Å². The van der Waals surface area contributed by atoms with Crippen LogP contribution in [0.25, 0.3) is 10.9 Å². The van der Waals surface area contributed by atoms with E-state index in [4.69, 9.17) is 4.74 Å². The summed E-state index contributed by atoms with van der Waals surface area (Å²) in [4.78, 5) is 14.7. The molecule has 0 aliphatic rings. The number of ether oxygens (including phenoxy) is 1. The lowest BCUT2D eigenvalue weighted by Gasteiger charge is -2.02. The van der Waals surface area contributed by atoms with Crippen LogP contribution in [0.15, 0.2) is 24.3 Å². The molecule has 1 heterocycles. The Morgan fingerprint density at radius 1 is 1.44 bits per heavy atom. The molecule has 0 atom stereocenters. The van der Waals surface area contributed by atoms with Crippen LogP contribution in [0.2, 0.25) is 0 Å². The molecule has 18 heavy (non-hydrogen) atoms. The highest BCUT2D eigenvalue weighted by Crippen LogP contribution is 2.16. The predicted molar refractivity (Wildman–Crippen MR) is 67.1 cm³/mol. The highest BCUT2D eigenvalue weighted by Gasteiger charge is 2.09. The normalized spacial score (nSPS) is 10.8. The van der Waals surface area contributed by atoms with E-state index >= 15 is 0 Å². The number of hydrogen-bond acceptors (Lipinski definition) is 2. The molecule has 0 spiro atoms. The summed E-state index contributed by atoms with van der Waals surface area (Å²) in [6.45, 7) is 1.16. The van der Waals surface area contributed by atoms with Crippen LogP contribution in [0.5, 0.6) is 0 Å². The molecule has 0 radical (unpaired) electrons. The summed E-state index contributed by atoms with van der Waals surface area (Å²) in [5.74, 6) is -0.503. The third-order valence-electron chi connectivity index (χ3n) is 2.64. The van der Waals surface area contributed by atoms with Gasteiger partial charge < -0.3 is 15.0 Å². The van der Waals surface area contributed by atoms with Gasteiger partial charge in [0.1, 0.15) is 11.5 Å². The molecule has 5 heteroatoms. The van der Waals surface area contributed by atoms with Crippen molar-refractivity contribution in [3.8, 4) is 0 Å². The molecular formula is C13H15FN2O2. The first-order valence-corrected chi connectivity index (χ1v) is 5.76. The minimum absolute atomic E-state index is 0.192. The van der Waals surface area contributed by atoms with E-state index in [0.717, 1.165) is 11.9 Å². The fourth-order valence-electron chi connectivity index (χ4n) is 1.74. The van der Waals surface area contributed by atoms with Gasteiger partial charge in [0.15, 0.2) is 0 Å². The van der Waals surface area contributed by atoms with Gasteiger partial charge >= 0.3 is 0 Å². The first-order chi connectivity index (χ1) is 8.70. The van der Waals surface area contributed by atoms with Crippen LogP contribution in [-0.2, 0) is 4.74 Å². The van der Waals surface area contributed by atoms with Gasteiger partial charge in [-0.2, -0.15) is 0 Å². The van der Waals surface area contributed by atoms with E-state index in [9.17, 15) is 9.18 Å². The highest BCUT2D eigenvalue weighted by molar-refractivity contribution is 5.97. The molecule has 0 saturated heterocycles. The number of benzene rings is 1. The van der Waals surface area contributed by atoms with Crippen LogP contribution in [0, 0.1) is 5.82 Å². The van der Waals surface area contributed by atoms with Crippen molar-refractivity contribution >= 4 is 16.8 Å². The molecule has 2 rings (SSSR count). The van der Waals surface area contributed by atoms with Gasteiger partial charge in [0.2, 0.25) is 0 Å². The summed E-state index contributed by atoms with van der Waals surface area (Å²) >= 11 is 0. The van der Waals surface area contributed by atoms with E-state index in [1.54, 1.807) is 19.2 Å². The van der Waals surface area contributed by atoms with Gasteiger partial charge in [-0.05, 0) is 30.7 Å². The van der Waals surface area contributed by atoms with Crippen molar-refractivity contribution in [3.63, 3.8) is 0 Å². The molecule has 0 fully saturated rings. The molecule has 96 valence electrons. The number of rotatable bonds is 5. The molecule has 1 aromatic carbocycles. The average Bonchev–Trinajstić information content (AvgIpc) is 2.77. The van der Waals surface area contributed by atoms with Crippen LogP contribution in [0.3, 0.4) is 0 Å². The molecule has 0 saturated carbocycles. The van der Waals surface area contributed by atoms with E-state index in [0.29, 0.717) is 24.2 Å². The van der Waals surface area contributed by atoms with Crippen molar-refractivity contribution in [2.24, 2.45) is 0 Å². The summed E-state index contributed by atoms with van der Waals surface area (Å²) in [6.07, 6.45) is 0.761. The average molecular weight is 250 g/mol. The van der Waals surface area contributed by atoms with E-state index < -0.39 is 0 Å². The van der Waals surface area contributed by atoms with Gasteiger partial charge in [0.25, 0.3) is 5.91 Å². The lowest BCUT2D eigenvalue weighted by molar-refractivity contribution is 0.0944. The Hall–Kier alpha value is -1.88. The number of H-pyrrole nitrogens is 1. The second-order valence-electron chi connectivity index (χ2n) is 4.02. The topological polar surface area (TPSA) is 54.1 Å².